The molecule has 0 aliphatic heterocycles. The Morgan fingerprint density at radius 2 is 2.00 bits per heavy atom. The van der Waals surface area contributed by atoms with Crippen LogP contribution in [0.25, 0.3) is 0 Å². The van der Waals surface area contributed by atoms with Crippen LogP contribution in [0, 0.1) is 0 Å². The fourth-order valence-electron chi connectivity index (χ4n) is 2.01. The van der Waals surface area contributed by atoms with E-state index in [1.807, 2.05) is 0 Å². The van der Waals surface area contributed by atoms with Crippen LogP contribution in [0.4, 0.5) is 0 Å². The van der Waals surface area contributed by atoms with Crippen LogP contribution in [0.5, 0.6) is 0 Å². The second-order valence-electron chi connectivity index (χ2n) is 5.35. The van der Waals surface area contributed by atoms with Gasteiger partial charge in [-0.2, -0.15) is 0 Å². The maximum atomic E-state index is 12.3. The van der Waals surface area contributed by atoms with Gasteiger partial charge >= 0.3 is 5.97 Å². The van der Waals surface area contributed by atoms with Crippen LogP contribution in [-0.4, -0.2) is 47.2 Å². The van der Waals surface area contributed by atoms with Gasteiger partial charge in [0.2, 0.25) is 10.0 Å². The maximum Gasteiger partial charge on any atom is 0.338 e. The number of esters is 1. The van der Waals surface area contributed by atoms with E-state index in [-0.39, 0.29) is 17.0 Å². The first-order chi connectivity index (χ1) is 12.9. The number of ether oxygens (including phenoxy) is 2. The van der Waals surface area contributed by atoms with Gasteiger partial charge in [-0.3, -0.25) is 4.79 Å². The lowest BCUT2D eigenvalue weighted by atomic mass is 10.2. The molecular formula is C17H20N2O7S. The molecule has 0 spiro atoms. The lowest BCUT2D eigenvalue weighted by Gasteiger charge is -2.08. The van der Waals surface area contributed by atoms with Gasteiger partial charge in [0, 0.05) is 13.7 Å². The molecular weight excluding hydrogens is 376 g/mol. The van der Waals surface area contributed by atoms with Crippen molar-refractivity contribution in [3.8, 4) is 0 Å². The molecule has 2 aromatic rings. The number of rotatable bonds is 10. The van der Waals surface area contributed by atoms with E-state index < -0.39 is 28.5 Å². The monoisotopic (exact) mass is 396 g/mol. The highest BCUT2D eigenvalue weighted by atomic mass is 32.2. The van der Waals surface area contributed by atoms with E-state index in [4.69, 9.17) is 13.9 Å². The van der Waals surface area contributed by atoms with Crippen molar-refractivity contribution in [1.82, 2.24) is 10.0 Å². The van der Waals surface area contributed by atoms with E-state index in [2.05, 4.69) is 10.0 Å². The second-order valence-corrected chi connectivity index (χ2v) is 7.12. The zero-order chi connectivity index (χ0) is 19.7. The molecule has 2 N–H and O–H groups in total. The number of nitrogens with one attached hydrogen (secondary N) is 2. The van der Waals surface area contributed by atoms with Crippen molar-refractivity contribution in [2.45, 2.75) is 11.4 Å². The Balaban J connectivity index is 1.95. The molecule has 0 radical (unpaired) electrons. The van der Waals surface area contributed by atoms with Crippen LogP contribution in [0.3, 0.4) is 0 Å². The van der Waals surface area contributed by atoms with Gasteiger partial charge in [-0.15, -0.1) is 0 Å². The zero-order valence-corrected chi connectivity index (χ0v) is 15.5. The minimum atomic E-state index is -3.85. The van der Waals surface area contributed by atoms with Crippen LogP contribution in [0.15, 0.2) is 52.0 Å². The Morgan fingerprint density at radius 3 is 2.70 bits per heavy atom. The molecule has 0 unspecified atom stereocenters. The number of hydrogen-bond donors (Lipinski definition) is 2. The molecule has 1 heterocycles. The number of sulfonamides is 1. The van der Waals surface area contributed by atoms with Crippen molar-refractivity contribution >= 4 is 21.9 Å². The standard InChI is InChI=1S/C17H20N2O7S/c1-24-9-7-18-16(20)12-26-17(21)13-4-2-6-15(10-13)27(22,23)19-11-14-5-3-8-25-14/h2-6,8,10,19H,7,9,11-12H2,1H3,(H,18,20). The topological polar surface area (TPSA) is 124 Å². The molecule has 0 saturated carbocycles. The molecule has 0 aliphatic carbocycles. The molecule has 27 heavy (non-hydrogen) atoms. The molecule has 0 fully saturated rings. The highest BCUT2D eigenvalue weighted by molar-refractivity contribution is 7.89. The first-order valence-electron chi connectivity index (χ1n) is 7.97. The van der Waals surface area contributed by atoms with Crippen molar-refractivity contribution in [1.29, 1.82) is 0 Å². The van der Waals surface area contributed by atoms with Crippen molar-refractivity contribution in [3.05, 3.63) is 54.0 Å². The molecule has 146 valence electrons. The average Bonchev–Trinajstić information content (AvgIpc) is 3.18. The third-order valence-electron chi connectivity index (χ3n) is 3.36. The molecule has 0 saturated heterocycles. The van der Waals surface area contributed by atoms with E-state index in [0.717, 1.165) is 0 Å². The van der Waals surface area contributed by atoms with Gasteiger partial charge in [-0.1, -0.05) is 6.07 Å². The Hall–Kier alpha value is -2.69. The number of amides is 1. The minimum Gasteiger partial charge on any atom is -0.468 e. The molecule has 0 atom stereocenters. The van der Waals surface area contributed by atoms with Crippen molar-refractivity contribution < 1.29 is 31.9 Å². The van der Waals surface area contributed by atoms with Gasteiger partial charge in [0.1, 0.15) is 5.76 Å². The van der Waals surface area contributed by atoms with Crippen LogP contribution in [-0.2, 0) is 30.8 Å². The summed E-state index contributed by atoms with van der Waals surface area (Å²) < 4.78 is 41.8. The van der Waals surface area contributed by atoms with Crippen LogP contribution in [0.1, 0.15) is 16.1 Å². The summed E-state index contributed by atoms with van der Waals surface area (Å²) in [5.41, 5.74) is 0.0144. The van der Waals surface area contributed by atoms with Crippen molar-refractivity contribution in [2.75, 3.05) is 26.9 Å². The first kappa shape index (κ1) is 20.6. The summed E-state index contributed by atoms with van der Waals surface area (Å²) in [4.78, 5) is 23.5. The second kappa shape index (κ2) is 9.86. The van der Waals surface area contributed by atoms with E-state index in [0.29, 0.717) is 18.9 Å². The highest BCUT2D eigenvalue weighted by Gasteiger charge is 2.17. The van der Waals surface area contributed by atoms with E-state index >= 15 is 0 Å². The number of methoxy groups -OCH3 is 1. The molecule has 1 amide bonds. The number of furan rings is 1. The molecule has 1 aromatic heterocycles. The molecule has 0 aliphatic rings. The van der Waals surface area contributed by atoms with Gasteiger partial charge in [-0.25, -0.2) is 17.9 Å². The summed E-state index contributed by atoms with van der Waals surface area (Å²) in [6.07, 6.45) is 1.44. The zero-order valence-electron chi connectivity index (χ0n) is 14.6. The summed E-state index contributed by atoms with van der Waals surface area (Å²) in [5, 5.41) is 2.50. The van der Waals surface area contributed by atoms with Crippen LogP contribution >= 0.6 is 0 Å². The summed E-state index contributed by atoms with van der Waals surface area (Å²) in [7, 11) is -2.35. The normalized spacial score (nSPS) is 11.1. The van der Waals surface area contributed by atoms with Crippen molar-refractivity contribution in [2.24, 2.45) is 0 Å². The fourth-order valence-corrected chi connectivity index (χ4v) is 3.05. The molecule has 10 heteroatoms. The van der Waals surface area contributed by atoms with Crippen LogP contribution in [0.2, 0.25) is 0 Å². The maximum absolute atomic E-state index is 12.3. The highest BCUT2D eigenvalue weighted by Crippen LogP contribution is 2.13. The summed E-state index contributed by atoms with van der Waals surface area (Å²) >= 11 is 0. The summed E-state index contributed by atoms with van der Waals surface area (Å²) in [6.45, 7) is 0.133. The Bertz CT molecular complexity index is 863. The smallest absolute Gasteiger partial charge is 0.338 e. The molecule has 0 bridgehead atoms. The molecule has 2 rings (SSSR count). The number of carbonyl (C=O) groups is 2. The number of carbonyl (C=O) groups excluding carboxylic acids is 2. The van der Waals surface area contributed by atoms with Gasteiger partial charge < -0.3 is 19.2 Å². The van der Waals surface area contributed by atoms with Gasteiger partial charge in [0.25, 0.3) is 5.91 Å². The average molecular weight is 396 g/mol. The molecule has 9 nitrogen and oxygen atoms in total. The van der Waals surface area contributed by atoms with E-state index in [9.17, 15) is 18.0 Å². The predicted molar refractivity (Wildman–Crippen MR) is 94.3 cm³/mol. The predicted octanol–water partition coefficient (Wildman–Crippen LogP) is 0.677. The third-order valence-corrected chi connectivity index (χ3v) is 4.76. The van der Waals surface area contributed by atoms with Gasteiger partial charge in [0.05, 0.1) is 29.9 Å². The SMILES string of the molecule is COCCNC(=O)COC(=O)c1cccc(S(=O)(=O)NCc2ccco2)c1. The van der Waals surface area contributed by atoms with Gasteiger partial charge in [-0.05, 0) is 30.3 Å². The number of benzene rings is 1. The summed E-state index contributed by atoms with van der Waals surface area (Å²) in [6, 6.07) is 8.61. The fraction of sp³-hybridized carbons (Fsp3) is 0.294. The first-order valence-corrected chi connectivity index (χ1v) is 9.45. The Labute approximate surface area is 156 Å². The minimum absolute atomic E-state index is 0.0144. The lowest BCUT2D eigenvalue weighted by molar-refractivity contribution is -0.124. The van der Waals surface area contributed by atoms with Gasteiger partial charge in [0.15, 0.2) is 6.61 Å². The van der Waals surface area contributed by atoms with Crippen molar-refractivity contribution in [3.63, 3.8) is 0 Å². The molecule has 1 aromatic carbocycles. The Kier molecular flexibility index (Phi) is 7.53. The van der Waals surface area contributed by atoms with E-state index in [1.165, 1.54) is 37.6 Å². The van der Waals surface area contributed by atoms with E-state index in [1.54, 1.807) is 12.1 Å². The quantitative estimate of drug-likeness (QED) is 0.447. The summed E-state index contributed by atoms with van der Waals surface area (Å²) in [5.74, 6) is -0.835. The Morgan fingerprint density at radius 1 is 1.19 bits per heavy atom. The number of hydrogen-bond acceptors (Lipinski definition) is 7. The largest absolute Gasteiger partial charge is 0.468 e. The third kappa shape index (κ3) is 6.51. The van der Waals surface area contributed by atoms with Crippen LogP contribution < -0.4 is 10.0 Å². The lowest BCUT2D eigenvalue weighted by Crippen LogP contribution is -2.31.